The topological polar surface area (TPSA) is 26.3 Å². The number of esters is 1. The SMILES string of the molecule is CC(C)[C@H](C)CC[C@@H](C)[C@H]1CC[C@H]2C3=CC[C@@H]4C[C@@H](OC(=O)c5ccccc5)CC[C@]4(C)[C@H]3CC[C@]12C. The molecular formula is C35H52O2. The molecule has 4 aliphatic carbocycles. The predicted molar refractivity (Wildman–Crippen MR) is 153 cm³/mol. The molecule has 9 atom stereocenters. The summed E-state index contributed by atoms with van der Waals surface area (Å²) in [4.78, 5) is 12.7. The summed E-state index contributed by atoms with van der Waals surface area (Å²) in [6.45, 7) is 15.0. The Morgan fingerprint density at radius 2 is 1.62 bits per heavy atom. The van der Waals surface area contributed by atoms with E-state index in [1.807, 2.05) is 35.9 Å². The number of carbonyl (C=O) groups excluding carboxylic acids is 1. The largest absolute Gasteiger partial charge is 0.459 e. The zero-order valence-corrected chi connectivity index (χ0v) is 24.5. The monoisotopic (exact) mass is 504 g/mol. The minimum absolute atomic E-state index is 0.0690. The number of allylic oxidation sites excluding steroid dienone is 2. The molecule has 204 valence electrons. The first-order valence-corrected chi connectivity index (χ1v) is 15.6. The summed E-state index contributed by atoms with van der Waals surface area (Å²) in [6, 6.07) is 9.51. The summed E-state index contributed by atoms with van der Waals surface area (Å²) in [5.41, 5.74) is 3.39. The Morgan fingerprint density at radius 1 is 0.919 bits per heavy atom. The maximum Gasteiger partial charge on any atom is 0.338 e. The van der Waals surface area contributed by atoms with Gasteiger partial charge in [0.15, 0.2) is 0 Å². The highest BCUT2D eigenvalue weighted by atomic mass is 16.5. The minimum Gasteiger partial charge on any atom is -0.459 e. The molecule has 0 radical (unpaired) electrons. The van der Waals surface area contributed by atoms with Crippen LogP contribution in [0.4, 0.5) is 0 Å². The van der Waals surface area contributed by atoms with Crippen LogP contribution in [0.1, 0.15) is 116 Å². The van der Waals surface area contributed by atoms with Crippen molar-refractivity contribution in [3.63, 3.8) is 0 Å². The van der Waals surface area contributed by atoms with Crippen molar-refractivity contribution in [2.75, 3.05) is 0 Å². The van der Waals surface area contributed by atoms with Crippen LogP contribution in [0.25, 0.3) is 0 Å². The lowest BCUT2D eigenvalue weighted by molar-refractivity contribution is -0.0524. The normalized spacial score (nSPS) is 38.7. The molecule has 0 aromatic heterocycles. The molecule has 1 aromatic rings. The summed E-state index contributed by atoms with van der Waals surface area (Å²) in [6.07, 6.45) is 15.6. The van der Waals surface area contributed by atoms with Crippen LogP contribution in [-0.2, 0) is 4.74 Å². The van der Waals surface area contributed by atoms with Gasteiger partial charge in [0.1, 0.15) is 6.10 Å². The van der Waals surface area contributed by atoms with Gasteiger partial charge >= 0.3 is 5.97 Å². The lowest BCUT2D eigenvalue weighted by atomic mass is 9.47. The summed E-state index contributed by atoms with van der Waals surface area (Å²) in [5, 5.41) is 0. The van der Waals surface area contributed by atoms with E-state index in [-0.39, 0.29) is 12.1 Å². The highest BCUT2D eigenvalue weighted by Crippen LogP contribution is 2.67. The van der Waals surface area contributed by atoms with E-state index in [9.17, 15) is 4.79 Å². The molecule has 2 nitrogen and oxygen atoms in total. The summed E-state index contributed by atoms with van der Waals surface area (Å²) >= 11 is 0. The van der Waals surface area contributed by atoms with Crippen LogP contribution in [0.5, 0.6) is 0 Å². The number of fused-ring (bicyclic) bond motifs is 5. The quantitative estimate of drug-likeness (QED) is 0.273. The van der Waals surface area contributed by atoms with E-state index < -0.39 is 0 Å². The smallest absolute Gasteiger partial charge is 0.338 e. The van der Waals surface area contributed by atoms with Gasteiger partial charge in [0, 0.05) is 0 Å². The lowest BCUT2D eigenvalue weighted by Gasteiger charge is -2.58. The van der Waals surface area contributed by atoms with Crippen molar-refractivity contribution in [1.82, 2.24) is 0 Å². The molecular weight excluding hydrogens is 452 g/mol. The van der Waals surface area contributed by atoms with Gasteiger partial charge in [-0.2, -0.15) is 0 Å². The molecule has 37 heavy (non-hydrogen) atoms. The second-order valence-corrected chi connectivity index (χ2v) is 14.4. The molecule has 3 fully saturated rings. The number of benzene rings is 1. The van der Waals surface area contributed by atoms with Crippen LogP contribution >= 0.6 is 0 Å². The van der Waals surface area contributed by atoms with Crippen LogP contribution in [0, 0.1) is 52.3 Å². The molecule has 5 rings (SSSR count). The van der Waals surface area contributed by atoms with Crippen LogP contribution < -0.4 is 0 Å². The van der Waals surface area contributed by atoms with Gasteiger partial charge in [-0.1, -0.05) is 84.2 Å². The van der Waals surface area contributed by atoms with Crippen molar-refractivity contribution in [3.8, 4) is 0 Å². The van der Waals surface area contributed by atoms with Crippen molar-refractivity contribution in [2.45, 2.75) is 112 Å². The van der Waals surface area contributed by atoms with Crippen molar-refractivity contribution in [2.24, 2.45) is 52.3 Å². The first kappa shape index (κ1) is 27.0. The summed E-state index contributed by atoms with van der Waals surface area (Å²) in [5.74, 6) is 5.39. The fourth-order valence-electron chi connectivity index (χ4n) is 9.41. The molecule has 2 heteroatoms. The third-order valence-corrected chi connectivity index (χ3v) is 12.3. The third kappa shape index (κ3) is 4.96. The van der Waals surface area contributed by atoms with Gasteiger partial charge in [-0.05, 0) is 116 Å². The Balaban J connectivity index is 1.25. The number of hydrogen-bond donors (Lipinski definition) is 0. The Kier molecular flexibility index (Phi) is 7.69. The van der Waals surface area contributed by atoms with Gasteiger partial charge in [0.2, 0.25) is 0 Å². The lowest BCUT2D eigenvalue weighted by Crippen LogP contribution is -2.50. The standard InChI is InChI=1S/C35H52O2/c1-23(2)24(3)12-13-25(4)30-16-17-31-29-15-14-27-22-28(37-33(36)26-10-8-7-9-11-26)18-20-34(27,5)32(29)19-21-35(30,31)6/h7-11,15,23-25,27-28,30-32H,12-14,16-22H2,1-6H3/t24-,25-,27-,28+,30-,31+,32+,34+,35-/m1/s1. The molecule has 0 saturated heterocycles. The van der Waals surface area contributed by atoms with E-state index in [1.165, 1.54) is 51.4 Å². The predicted octanol–water partition coefficient (Wildman–Crippen LogP) is 9.50. The van der Waals surface area contributed by atoms with E-state index in [0.29, 0.717) is 22.3 Å². The van der Waals surface area contributed by atoms with Gasteiger partial charge in [-0.3, -0.25) is 0 Å². The second kappa shape index (κ2) is 10.5. The van der Waals surface area contributed by atoms with E-state index in [0.717, 1.165) is 48.3 Å². The Labute approximate surface area is 227 Å². The van der Waals surface area contributed by atoms with E-state index >= 15 is 0 Å². The first-order valence-electron chi connectivity index (χ1n) is 15.6. The zero-order chi connectivity index (χ0) is 26.4. The maximum absolute atomic E-state index is 12.7. The molecule has 4 aliphatic rings. The maximum atomic E-state index is 12.7. The van der Waals surface area contributed by atoms with Crippen LogP contribution in [0.3, 0.4) is 0 Å². The Hall–Kier alpha value is -1.57. The van der Waals surface area contributed by atoms with Gasteiger partial charge in [0.25, 0.3) is 0 Å². The highest BCUT2D eigenvalue weighted by Gasteiger charge is 2.58. The van der Waals surface area contributed by atoms with Gasteiger partial charge in [-0.15, -0.1) is 0 Å². The molecule has 0 amide bonds. The molecule has 3 saturated carbocycles. The Bertz CT molecular complexity index is 978. The van der Waals surface area contributed by atoms with Crippen LogP contribution in [0.2, 0.25) is 0 Å². The fraction of sp³-hybridized carbons (Fsp3) is 0.743. The number of carbonyl (C=O) groups is 1. The van der Waals surface area contributed by atoms with E-state index in [4.69, 9.17) is 4.74 Å². The number of ether oxygens (including phenoxy) is 1. The highest BCUT2D eigenvalue weighted by molar-refractivity contribution is 5.89. The Morgan fingerprint density at radius 3 is 2.35 bits per heavy atom. The second-order valence-electron chi connectivity index (χ2n) is 14.4. The van der Waals surface area contributed by atoms with Crippen LogP contribution in [0.15, 0.2) is 42.0 Å². The minimum atomic E-state index is -0.149. The van der Waals surface area contributed by atoms with E-state index in [1.54, 1.807) is 0 Å². The van der Waals surface area contributed by atoms with Gasteiger partial charge in [-0.25, -0.2) is 4.79 Å². The molecule has 0 unspecified atom stereocenters. The first-order chi connectivity index (χ1) is 17.6. The van der Waals surface area contributed by atoms with Gasteiger partial charge < -0.3 is 4.74 Å². The zero-order valence-electron chi connectivity index (χ0n) is 24.5. The van der Waals surface area contributed by atoms with Crippen LogP contribution in [-0.4, -0.2) is 12.1 Å². The summed E-state index contributed by atoms with van der Waals surface area (Å²) < 4.78 is 6.03. The molecule has 0 spiro atoms. The molecule has 0 bridgehead atoms. The number of hydrogen-bond acceptors (Lipinski definition) is 2. The summed E-state index contributed by atoms with van der Waals surface area (Å²) in [7, 11) is 0. The van der Waals surface area contributed by atoms with Crippen molar-refractivity contribution in [3.05, 3.63) is 47.5 Å². The van der Waals surface area contributed by atoms with Crippen molar-refractivity contribution >= 4 is 5.97 Å². The molecule has 0 aliphatic heterocycles. The number of rotatable bonds is 7. The van der Waals surface area contributed by atoms with Crippen molar-refractivity contribution < 1.29 is 9.53 Å². The van der Waals surface area contributed by atoms with E-state index in [2.05, 4.69) is 47.6 Å². The average Bonchev–Trinajstić information content (AvgIpc) is 3.25. The third-order valence-electron chi connectivity index (χ3n) is 12.3. The van der Waals surface area contributed by atoms with Gasteiger partial charge in [0.05, 0.1) is 5.56 Å². The average molecular weight is 505 g/mol. The fourth-order valence-corrected chi connectivity index (χ4v) is 9.41. The van der Waals surface area contributed by atoms with Crippen molar-refractivity contribution in [1.29, 1.82) is 0 Å². The molecule has 0 heterocycles. The molecule has 1 aromatic carbocycles. The molecule has 0 N–H and O–H groups in total.